The SMILES string of the molecule is Cc1ccc(C(=O)N2CC[C@]3(CCCN(Cc4cccc(F)c4F)C3)C2)s1. The van der Waals surface area contributed by atoms with Gasteiger partial charge < -0.3 is 4.90 Å². The van der Waals surface area contributed by atoms with E-state index in [1.165, 1.54) is 0 Å². The van der Waals surface area contributed by atoms with Gasteiger partial charge in [-0.15, -0.1) is 11.3 Å². The molecule has 6 heteroatoms. The van der Waals surface area contributed by atoms with Gasteiger partial charge in [-0.05, 0) is 50.9 Å². The van der Waals surface area contributed by atoms with Crippen LogP contribution in [0, 0.1) is 24.0 Å². The fourth-order valence-electron chi connectivity index (χ4n) is 4.50. The number of likely N-dealkylation sites (tertiary alicyclic amines) is 2. The minimum atomic E-state index is -0.789. The molecule has 3 nitrogen and oxygen atoms in total. The third-order valence-corrected chi connectivity index (χ3v) is 6.83. The van der Waals surface area contributed by atoms with Gasteiger partial charge >= 0.3 is 0 Å². The summed E-state index contributed by atoms with van der Waals surface area (Å²) in [6.45, 7) is 5.68. The molecular formula is C21H24F2N2OS. The highest BCUT2D eigenvalue weighted by Crippen LogP contribution is 2.40. The lowest BCUT2D eigenvalue weighted by Crippen LogP contribution is -2.45. The number of benzene rings is 1. The van der Waals surface area contributed by atoms with Crippen molar-refractivity contribution in [1.82, 2.24) is 9.80 Å². The van der Waals surface area contributed by atoms with Crippen LogP contribution in [0.2, 0.25) is 0 Å². The smallest absolute Gasteiger partial charge is 0.263 e. The molecule has 144 valence electrons. The second-order valence-corrected chi connectivity index (χ2v) is 9.20. The molecule has 1 spiro atoms. The fraction of sp³-hybridized carbons (Fsp3) is 0.476. The number of halogens is 2. The molecule has 0 bridgehead atoms. The zero-order valence-electron chi connectivity index (χ0n) is 15.5. The number of thiophene rings is 1. The molecule has 2 saturated heterocycles. The van der Waals surface area contributed by atoms with E-state index in [-0.39, 0.29) is 11.3 Å². The van der Waals surface area contributed by atoms with Crippen LogP contribution in [-0.4, -0.2) is 41.9 Å². The number of carbonyl (C=O) groups is 1. The average molecular weight is 390 g/mol. The maximum absolute atomic E-state index is 14.0. The Morgan fingerprint density at radius 2 is 2.00 bits per heavy atom. The summed E-state index contributed by atoms with van der Waals surface area (Å²) in [5, 5.41) is 0. The molecule has 1 aromatic carbocycles. The number of nitrogens with zero attached hydrogens (tertiary/aromatic N) is 2. The van der Waals surface area contributed by atoms with Gasteiger partial charge in [0.05, 0.1) is 4.88 Å². The quantitative estimate of drug-likeness (QED) is 0.772. The zero-order valence-corrected chi connectivity index (χ0v) is 16.3. The van der Waals surface area contributed by atoms with Crippen molar-refractivity contribution >= 4 is 17.2 Å². The molecule has 2 aliphatic rings. The normalized spacial score (nSPS) is 23.3. The van der Waals surface area contributed by atoms with Crippen molar-refractivity contribution in [1.29, 1.82) is 0 Å². The number of piperidine rings is 1. The maximum Gasteiger partial charge on any atom is 0.263 e. The standard InChI is InChI=1S/C21H24F2N2OS/c1-15-6-7-18(27-15)20(26)25-11-9-21(14-25)8-3-10-24(13-21)12-16-4-2-5-17(22)19(16)23/h2,4-7H,3,8-14H2,1H3/t21-/m0/s1. The predicted octanol–water partition coefficient (Wildman–Crippen LogP) is 4.46. The molecule has 0 unspecified atom stereocenters. The number of amides is 1. The first kappa shape index (κ1) is 18.6. The molecule has 1 atom stereocenters. The summed E-state index contributed by atoms with van der Waals surface area (Å²) in [7, 11) is 0. The monoisotopic (exact) mass is 390 g/mol. The first-order chi connectivity index (χ1) is 13.0. The van der Waals surface area contributed by atoms with Gasteiger partial charge in [-0.2, -0.15) is 0 Å². The van der Waals surface area contributed by atoms with Crippen molar-refractivity contribution in [3.8, 4) is 0 Å². The van der Waals surface area contributed by atoms with Gasteiger partial charge in [0.15, 0.2) is 11.6 Å². The second-order valence-electron chi connectivity index (χ2n) is 7.91. The molecule has 0 aliphatic carbocycles. The molecule has 27 heavy (non-hydrogen) atoms. The number of aryl methyl sites for hydroxylation is 1. The van der Waals surface area contributed by atoms with Crippen LogP contribution in [0.4, 0.5) is 8.78 Å². The number of hydrogen-bond donors (Lipinski definition) is 0. The Labute approximate surface area is 162 Å². The number of rotatable bonds is 3. The molecular weight excluding hydrogens is 366 g/mol. The molecule has 4 rings (SSSR count). The van der Waals surface area contributed by atoms with Crippen LogP contribution in [0.3, 0.4) is 0 Å². The van der Waals surface area contributed by atoms with Gasteiger partial charge in [0, 0.05) is 42.0 Å². The minimum Gasteiger partial charge on any atom is -0.337 e. The molecule has 0 N–H and O–H groups in total. The van der Waals surface area contributed by atoms with E-state index in [1.807, 2.05) is 24.0 Å². The summed E-state index contributed by atoms with van der Waals surface area (Å²) in [5.74, 6) is -1.41. The number of hydrogen-bond acceptors (Lipinski definition) is 3. The van der Waals surface area contributed by atoms with Crippen LogP contribution >= 0.6 is 11.3 Å². The van der Waals surface area contributed by atoms with E-state index in [1.54, 1.807) is 23.5 Å². The molecule has 3 heterocycles. The highest BCUT2D eigenvalue weighted by atomic mass is 32.1. The first-order valence-electron chi connectivity index (χ1n) is 9.47. The van der Waals surface area contributed by atoms with Crippen LogP contribution in [0.25, 0.3) is 0 Å². The van der Waals surface area contributed by atoms with Crippen molar-refractivity contribution in [2.45, 2.75) is 32.7 Å². The topological polar surface area (TPSA) is 23.6 Å². The first-order valence-corrected chi connectivity index (χ1v) is 10.3. The van der Waals surface area contributed by atoms with E-state index in [2.05, 4.69) is 4.90 Å². The Bertz CT molecular complexity index is 852. The molecule has 2 aliphatic heterocycles. The summed E-state index contributed by atoms with van der Waals surface area (Å²) in [6.07, 6.45) is 3.09. The van der Waals surface area contributed by atoms with Gasteiger partial charge in [-0.1, -0.05) is 12.1 Å². The van der Waals surface area contributed by atoms with E-state index in [0.29, 0.717) is 12.1 Å². The van der Waals surface area contributed by atoms with Crippen LogP contribution in [0.5, 0.6) is 0 Å². The highest BCUT2D eigenvalue weighted by molar-refractivity contribution is 7.13. The van der Waals surface area contributed by atoms with Crippen molar-refractivity contribution in [3.63, 3.8) is 0 Å². The highest BCUT2D eigenvalue weighted by Gasteiger charge is 2.43. The fourth-order valence-corrected chi connectivity index (χ4v) is 5.34. The molecule has 1 amide bonds. The average Bonchev–Trinajstić information content (AvgIpc) is 3.25. The minimum absolute atomic E-state index is 0.0734. The Kier molecular flexibility index (Phi) is 5.03. The van der Waals surface area contributed by atoms with E-state index in [9.17, 15) is 13.6 Å². The second kappa shape index (κ2) is 7.32. The number of carbonyl (C=O) groups excluding carboxylic acids is 1. The van der Waals surface area contributed by atoms with Gasteiger partial charge in [0.25, 0.3) is 5.91 Å². The summed E-state index contributed by atoms with van der Waals surface area (Å²) < 4.78 is 27.5. The van der Waals surface area contributed by atoms with Gasteiger partial charge in [-0.3, -0.25) is 9.69 Å². The van der Waals surface area contributed by atoms with Crippen LogP contribution in [0.1, 0.15) is 39.4 Å². The largest absolute Gasteiger partial charge is 0.337 e. The van der Waals surface area contributed by atoms with Crippen LogP contribution in [-0.2, 0) is 6.54 Å². The van der Waals surface area contributed by atoms with E-state index < -0.39 is 11.6 Å². The Hall–Kier alpha value is -1.79. The summed E-state index contributed by atoms with van der Waals surface area (Å²) in [4.78, 5) is 18.9. The molecule has 0 saturated carbocycles. The van der Waals surface area contributed by atoms with Gasteiger partial charge in [-0.25, -0.2) is 8.78 Å². The molecule has 2 fully saturated rings. The van der Waals surface area contributed by atoms with E-state index in [4.69, 9.17) is 0 Å². The van der Waals surface area contributed by atoms with Crippen LogP contribution in [0.15, 0.2) is 30.3 Å². The third kappa shape index (κ3) is 3.78. The van der Waals surface area contributed by atoms with Gasteiger partial charge in [0.2, 0.25) is 0 Å². The molecule has 1 aromatic heterocycles. The zero-order chi connectivity index (χ0) is 19.0. The Balaban J connectivity index is 1.43. The van der Waals surface area contributed by atoms with Crippen molar-refractivity contribution < 1.29 is 13.6 Å². The summed E-state index contributed by atoms with van der Waals surface area (Å²) in [6, 6.07) is 8.27. The van der Waals surface area contributed by atoms with E-state index in [0.717, 1.165) is 61.3 Å². The lowest BCUT2D eigenvalue weighted by Gasteiger charge is -2.40. The Morgan fingerprint density at radius 1 is 1.15 bits per heavy atom. The van der Waals surface area contributed by atoms with Crippen molar-refractivity contribution in [2.75, 3.05) is 26.2 Å². The third-order valence-electron chi connectivity index (χ3n) is 5.84. The lowest BCUT2D eigenvalue weighted by molar-refractivity contribution is 0.0676. The summed E-state index contributed by atoms with van der Waals surface area (Å²) >= 11 is 1.54. The van der Waals surface area contributed by atoms with Crippen molar-refractivity contribution in [3.05, 3.63) is 57.3 Å². The molecule has 0 radical (unpaired) electrons. The van der Waals surface area contributed by atoms with E-state index >= 15 is 0 Å². The lowest BCUT2D eigenvalue weighted by atomic mass is 9.79. The molecule has 2 aromatic rings. The predicted molar refractivity (Wildman–Crippen MR) is 103 cm³/mol. The van der Waals surface area contributed by atoms with Crippen molar-refractivity contribution in [2.24, 2.45) is 5.41 Å². The van der Waals surface area contributed by atoms with Crippen LogP contribution < -0.4 is 0 Å². The Morgan fingerprint density at radius 3 is 2.78 bits per heavy atom. The maximum atomic E-state index is 14.0. The summed E-state index contributed by atoms with van der Waals surface area (Å²) in [5.41, 5.74) is 0.483. The van der Waals surface area contributed by atoms with Gasteiger partial charge in [0.1, 0.15) is 0 Å².